The number of amides is 1. The molecule has 0 atom stereocenters. The third-order valence-electron chi connectivity index (χ3n) is 5.43. The van der Waals surface area contributed by atoms with Gasteiger partial charge in [0.05, 0.1) is 21.8 Å². The molecule has 8 heteroatoms. The Balaban J connectivity index is 1.68. The number of aromatic carboxylic acids is 1. The van der Waals surface area contributed by atoms with Crippen LogP contribution in [0, 0.1) is 27.7 Å². The van der Waals surface area contributed by atoms with Gasteiger partial charge < -0.3 is 15.0 Å². The maximum Gasteiger partial charge on any atom is 0.337 e. The molecule has 2 N–H and O–H groups in total. The number of hydrogen-bond acceptors (Lipinski definition) is 4. The van der Waals surface area contributed by atoms with Gasteiger partial charge in [-0.3, -0.25) is 4.79 Å². The van der Waals surface area contributed by atoms with Gasteiger partial charge in [-0.25, -0.2) is 9.79 Å². The first kappa shape index (κ1) is 23.1. The Morgan fingerprint density at radius 3 is 2.45 bits per heavy atom. The van der Waals surface area contributed by atoms with Crippen LogP contribution >= 0.6 is 27.7 Å². The average Bonchev–Trinajstić information content (AvgIpc) is 3.24. The molecule has 3 aromatic rings. The summed E-state index contributed by atoms with van der Waals surface area (Å²) in [5.74, 6) is -1.19. The molecule has 4 rings (SSSR count). The van der Waals surface area contributed by atoms with Crippen LogP contribution in [0.3, 0.4) is 0 Å². The van der Waals surface area contributed by atoms with Crippen molar-refractivity contribution in [2.24, 2.45) is 4.99 Å². The number of nitrogens with one attached hydrogen (secondary N) is 1. The van der Waals surface area contributed by atoms with E-state index in [2.05, 4.69) is 26.2 Å². The summed E-state index contributed by atoms with van der Waals surface area (Å²) in [7, 11) is 0. The Morgan fingerprint density at radius 2 is 1.79 bits per heavy atom. The zero-order valence-electron chi connectivity index (χ0n) is 18.6. The second kappa shape index (κ2) is 9.03. The highest BCUT2D eigenvalue weighted by molar-refractivity contribution is 9.10. The van der Waals surface area contributed by atoms with Gasteiger partial charge in [0, 0.05) is 15.9 Å². The first-order valence-corrected chi connectivity index (χ1v) is 11.8. The highest BCUT2D eigenvalue weighted by Gasteiger charge is 2.25. The molecule has 168 valence electrons. The van der Waals surface area contributed by atoms with Gasteiger partial charge in [0.2, 0.25) is 0 Å². The van der Waals surface area contributed by atoms with Gasteiger partial charge in [-0.2, -0.15) is 0 Å². The largest absolute Gasteiger partial charge is 0.478 e. The number of carboxylic acid groups (broad SMARTS) is 1. The van der Waals surface area contributed by atoms with Crippen LogP contribution in [0.4, 0.5) is 5.69 Å². The highest BCUT2D eigenvalue weighted by Crippen LogP contribution is 2.32. The Morgan fingerprint density at radius 1 is 1.12 bits per heavy atom. The van der Waals surface area contributed by atoms with Gasteiger partial charge in [-0.05, 0) is 92.6 Å². The van der Waals surface area contributed by atoms with Crippen LogP contribution in [-0.2, 0) is 4.79 Å². The fourth-order valence-electron chi connectivity index (χ4n) is 3.88. The molecule has 1 fully saturated rings. The molecular weight excluding hydrogens is 502 g/mol. The zero-order chi connectivity index (χ0) is 23.9. The van der Waals surface area contributed by atoms with Gasteiger partial charge in [0.15, 0.2) is 5.17 Å². The maximum absolute atomic E-state index is 12.6. The lowest BCUT2D eigenvalue weighted by Crippen LogP contribution is -2.19. The van der Waals surface area contributed by atoms with E-state index in [1.807, 2.05) is 62.6 Å². The smallest absolute Gasteiger partial charge is 0.337 e. The van der Waals surface area contributed by atoms with Crippen LogP contribution < -0.4 is 5.32 Å². The number of rotatable bonds is 4. The summed E-state index contributed by atoms with van der Waals surface area (Å²) in [6.45, 7) is 7.84. The lowest BCUT2D eigenvalue weighted by atomic mass is 10.1. The van der Waals surface area contributed by atoms with Crippen molar-refractivity contribution in [2.75, 3.05) is 0 Å². The van der Waals surface area contributed by atoms with Gasteiger partial charge in [0.25, 0.3) is 5.91 Å². The number of hydrogen-bond donors (Lipinski definition) is 2. The predicted octanol–water partition coefficient (Wildman–Crippen LogP) is 6.06. The van der Waals surface area contributed by atoms with E-state index in [-0.39, 0.29) is 11.5 Å². The van der Waals surface area contributed by atoms with Crippen molar-refractivity contribution in [2.45, 2.75) is 27.7 Å². The summed E-state index contributed by atoms with van der Waals surface area (Å²) in [6, 6.07) is 12.8. The highest BCUT2D eigenvalue weighted by atomic mass is 79.9. The second-order valence-corrected chi connectivity index (χ2v) is 9.68. The number of thioether (sulfide) groups is 1. The van der Waals surface area contributed by atoms with Crippen LogP contribution in [0.1, 0.15) is 38.4 Å². The van der Waals surface area contributed by atoms with Gasteiger partial charge in [-0.15, -0.1) is 0 Å². The van der Waals surface area contributed by atoms with E-state index in [0.717, 1.165) is 38.2 Å². The van der Waals surface area contributed by atoms with Crippen molar-refractivity contribution >= 4 is 56.5 Å². The normalized spacial score (nSPS) is 16.0. The minimum absolute atomic E-state index is 0.208. The summed E-state index contributed by atoms with van der Waals surface area (Å²) >= 11 is 4.85. The lowest BCUT2D eigenvalue weighted by Gasteiger charge is -2.12. The molecule has 0 spiro atoms. The van der Waals surface area contributed by atoms with Crippen LogP contribution in [0.5, 0.6) is 0 Å². The van der Waals surface area contributed by atoms with Crippen LogP contribution in [-0.4, -0.2) is 26.7 Å². The summed E-state index contributed by atoms with van der Waals surface area (Å²) in [5.41, 5.74) is 6.33. The van der Waals surface area contributed by atoms with E-state index in [0.29, 0.717) is 15.8 Å². The third kappa shape index (κ3) is 4.54. The SMILES string of the molecule is Cc1cc(N=C2NC(=O)/C(=C/c3cc(C)n(-c4ccccc4C(=O)O)c3C)S2)cc(C)c1Br. The number of carbonyl (C=O) groups excluding carboxylic acids is 1. The molecule has 2 heterocycles. The Kier molecular flexibility index (Phi) is 6.32. The Hall–Kier alpha value is -3.10. The molecule has 6 nitrogen and oxygen atoms in total. The standard InChI is InChI=1S/C25H22BrN3O3S/c1-13-9-18(10-14(2)22(13)26)27-25-28-23(30)21(33-25)12-17-11-15(3)29(16(17)4)20-8-6-5-7-19(20)24(31)32/h5-12H,1-4H3,(H,31,32)(H,27,28,30)/b21-12-. The summed E-state index contributed by atoms with van der Waals surface area (Å²) in [5, 5.41) is 12.9. The minimum Gasteiger partial charge on any atom is -0.478 e. The molecule has 2 aromatic carbocycles. The van der Waals surface area contributed by atoms with E-state index in [4.69, 9.17) is 0 Å². The van der Waals surface area contributed by atoms with Crippen molar-refractivity contribution in [1.82, 2.24) is 9.88 Å². The minimum atomic E-state index is -0.983. The number of halogens is 1. The molecule has 1 saturated heterocycles. The number of aliphatic imine (C=N–C) groups is 1. The molecule has 33 heavy (non-hydrogen) atoms. The molecule has 0 bridgehead atoms. The quantitative estimate of drug-likeness (QED) is 0.407. The van der Waals surface area contributed by atoms with Gasteiger partial charge >= 0.3 is 5.97 Å². The monoisotopic (exact) mass is 523 g/mol. The number of carbonyl (C=O) groups is 2. The number of nitrogens with zero attached hydrogens (tertiary/aromatic N) is 2. The van der Waals surface area contributed by atoms with E-state index in [9.17, 15) is 14.7 Å². The number of benzene rings is 2. The molecule has 0 saturated carbocycles. The van der Waals surface area contributed by atoms with Gasteiger partial charge in [-0.1, -0.05) is 28.1 Å². The molecule has 1 aromatic heterocycles. The lowest BCUT2D eigenvalue weighted by molar-refractivity contribution is -0.115. The Labute approximate surface area is 204 Å². The summed E-state index contributed by atoms with van der Waals surface area (Å²) in [4.78, 5) is 29.4. The molecular formula is C25H22BrN3O3S. The molecule has 1 aliphatic rings. The van der Waals surface area contributed by atoms with Crippen LogP contribution in [0.25, 0.3) is 11.8 Å². The maximum atomic E-state index is 12.6. The van der Waals surface area contributed by atoms with Crippen molar-refractivity contribution in [1.29, 1.82) is 0 Å². The van der Waals surface area contributed by atoms with Crippen molar-refractivity contribution in [3.05, 3.63) is 85.5 Å². The topological polar surface area (TPSA) is 83.7 Å². The average molecular weight is 524 g/mol. The van der Waals surface area contributed by atoms with Crippen molar-refractivity contribution < 1.29 is 14.7 Å². The second-order valence-electron chi connectivity index (χ2n) is 7.86. The zero-order valence-corrected chi connectivity index (χ0v) is 21.0. The van der Waals surface area contributed by atoms with E-state index >= 15 is 0 Å². The summed E-state index contributed by atoms with van der Waals surface area (Å²) < 4.78 is 2.95. The predicted molar refractivity (Wildman–Crippen MR) is 137 cm³/mol. The molecule has 1 amide bonds. The number of carboxylic acids is 1. The van der Waals surface area contributed by atoms with E-state index in [1.165, 1.54) is 11.8 Å². The first-order chi connectivity index (χ1) is 15.7. The van der Waals surface area contributed by atoms with E-state index in [1.54, 1.807) is 18.2 Å². The van der Waals surface area contributed by atoms with Crippen molar-refractivity contribution in [3.8, 4) is 5.69 Å². The Bertz CT molecular complexity index is 1350. The van der Waals surface area contributed by atoms with Crippen LogP contribution in [0.15, 0.2) is 56.8 Å². The van der Waals surface area contributed by atoms with E-state index < -0.39 is 5.97 Å². The number of para-hydroxylation sites is 1. The van der Waals surface area contributed by atoms with Gasteiger partial charge in [0.1, 0.15) is 0 Å². The van der Waals surface area contributed by atoms with Crippen LogP contribution in [0.2, 0.25) is 0 Å². The third-order valence-corrected chi connectivity index (χ3v) is 7.60. The number of aromatic nitrogens is 1. The fraction of sp³-hybridized carbons (Fsp3) is 0.160. The van der Waals surface area contributed by atoms with Crippen molar-refractivity contribution in [3.63, 3.8) is 0 Å². The molecule has 0 aliphatic carbocycles. The first-order valence-electron chi connectivity index (χ1n) is 10.2. The molecule has 0 unspecified atom stereocenters. The summed E-state index contributed by atoms with van der Waals surface area (Å²) in [6.07, 6.45) is 1.82. The molecule has 0 radical (unpaired) electrons. The number of amidine groups is 1. The number of aryl methyl sites for hydroxylation is 3. The fourth-order valence-corrected chi connectivity index (χ4v) is 4.94. The molecule has 1 aliphatic heterocycles.